The first-order valence-electron chi connectivity index (χ1n) is 5.38. The maximum Gasteiger partial charge on any atom is 0.269 e. The van der Waals surface area contributed by atoms with Crippen LogP contribution in [0.5, 0.6) is 0 Å². The first kappa shape index (κ1) is 10.5. The maximum atomic E-state index is 11.9. The predicted octanol–water partition coefficient (Wildman–Crippen LogP) is 1.94. The zero-order valence-electron chi connectivity index (χ0n) is 9.24. The summed E-state index contributed by atoms with van der Waals surface area (Å²) in [5.41, 5.74) is 1.25. The zero-order chi connectivity index (χ0) is 12.7. The molecule has 1 aromatic heterocycles. The van der Waals surface area contributed by atoms with Crippen LogP contribution in [0.25, 0.3) is 0 Å². The molecule has 3 rings (SSSR count). The number of aromatic nitrogens is 1. The van der Waals surface area contributed by atoms with Gasteiger partial charge in [-0.3, -0.25) is 14.9 Å². The lowest BCUT2D eigenvalue weighted by Crippen LogP contribution is -2.18. The third kappa shape index (κ3) is 1.46. The number of nitrogens with zero attached hydrogens (tertiary/aromatic N) is 2. The average Bonchev–Trinajstić information content (AvgIpc) is 2.93. The molecule has 0 fully saturated rings. The summed E-state index contributed by atoms with van der Waals surface area (Å²) in [6.45, 7) is 0. The molecule has 90 valence electrons. The molecule has 1 atom stereocenters. The summed E-state index contributed by atoms with van der Waals surface area (Å²) in [5, 5.41) is 13.5. The van der Waals surface area contributed by atoms with E-state index in [1.54, 1.807) is 23.0 Å². The van der Waals surface area contributed by atoms with Gasteiger partial charge in [0.1, 0.15) is 6.04 Å². The highest BCUT2D eigenvalue weighted by molar-refractivity contribution is 6.03. The lowest BCUT2D eigenvalue weighted by Gasteiger charge is -2.10. The third-order valence-corrected chi connectivity index (χ3v) is 2.97. The first-order chi connectivity index (χ1) is 8.66. The van der Waals surface area contributed by atoms with E-state index in [4.69, 9.17) is 0 Å². The van der Waals surface area contributed by atoms with Gasteiger partial charge in [0, 0.05) is 35.8 Å². The van der Waals surface area contributed by atoms with Crippen LogP contribution in [-0.4, -0.2) is 15.4 Å². The van der Waals surface area contributed by atoms with Gasteiger partial charge in [0.2, 0.25) is 0 Å². The molecule has 0 aliphatic carbocycles. The monoisotopic (exact) mass is 243 g/mol. The van der Waals surface area contributed by atoms with Gasteiger partial charge in [-0.05, 0) is 18.2 Å². The fourth-order valence-electron chi connectivity index (χ4n) is 2.16. The highest BCUT2D eigenvalue weighted by atomic mass is 16.6. The van der Waals surface area contributed by atoms with E-state index in [1.165, 1.54) is 12.1 Å². The van der Waals surface area contributed by atoms with Gasteiger partial charge in [0.25, 0.3) is 11.6 Å². The molecule has 0 saturated heterocycles. The van der Waals surface area contributed by atoms with Crippen molar-refractivity contribution in [1.82, 2.24) is 4.57 Å². The highest BCUT2D eigenvalue weighted by Gasteiger charge is 2.32. The standard InChI is InChI=1S/C12H9N3O3/c16-12-11(14-5-1-2-6-14)9-7-8(15(17)18)3-4-10(9)13-12/h1-7,11H,(H,13,16). The number of nitro benzene ring substituents is 1. The number of rotatable bonds is 2. The van der Waals surface area contributed by atoms with Gasteiger partial charge in [-0.1, -0.05) is 0 Å². The number of non-ortho nitro benzene ring substituents is 1. The number of fused-ring (bicyclic) bond motifs is 1. The average molecular weight is 243 g/mol. The predicted molar refractivity (Wildman–Crippen MR) is 64.3 cm³/mol. The molecule has 6 nitrogen and oxygen atoms in total. The number of amides is 1. The number of hydrogen-bond acceptors (Lipinski definition) is 3. The van der Waals surface area contributed by atoms with E-state index in [0.29, 0.717) is 11.3 Å². The van der Waals surface area contributed by atoms with E-state index in [2.05, 4.69) is 5.32 Å². The first-order valence-corrected chi connectivity index (χ1v) is 5.38. The molecule has 1 aliphatic heterocycles. The number of benzene rings is 1. The molecular weight excluding hydrogens is 234 g/mol. The van der Waals surface area contributed by atoms with Crippen molar-refractivity contribution < 1.29 is 9.72 Å². The van der Waals surface area contributed by atoms with Crippen LogP contribution in [0.4, 0.5) is 11.4 Å². The Bertz CT molecular complexity index is 634. The number of carbonyl (C=O) groups excluding carboxylic acids is 1. The second-order valence-electron chi connectivity index (χ2n) is 4.05. The molecule has 6 heteroatoms. The Morgan fingerprint density at radius 3 is 2.67 bits per heavy atom. The number of anilines is 1. The van der Waals surface area contributed by atoms with Gasteiger partial charge < -0.3 is 9.88 Å². The van der Waals surface area contributed by atoms with Gasteiger partial charge in [-0.15, -0.1) is 0 Å². The number of nitro groups is 1. The Morgan fingerprint density at radius 2 is 2.00 bits per heavy atom. The van der Waals surface area contributed by atoms with Crippen LogP contribution in [0.2, 0.25) is 0 Å². The van der Waals surface area contributed by atoms with Gasteiger partial charge >= 0.3 is 0 Å². The molecular formula is C12H9N3O3. The van der Waals surface area contributed by atoms with Crippen molar-refractivity contribution >= 4 is 17.3 Å². The molecule has 0 spiro atoms. The van der Waals surface area contributed by atoms with Gasteiger partial charge in [0.05, 0.1) is 4.92 Å². The van der Waals surface area contributed by atoms with Crippen molar-refractivity contribution in [3.63, 3.8) is 0 Å². The Labute approximate surface area is 102 Å². The Balaban J connectivity index is 2.13. The fourth-order valence-corrected chi connectivity index (χ4v) is 2.16. The summed E-state index contributed by atoms with van der Waals surface area (Å²) < 4.78 is 1.73. The van der Waals surface area contributed by atoms with Gasteiger partial charge in [-0.2, -0.15) is 0 Å². The summed E-state index contributed by atoms with van der Waals surface area (Å²) in [5.74, 6) is -0.179. The molecule has 2 aromatic rings. The summed E-state index contributed by atoms with van der Waals surface area (Å²) in [6, 6.07) is 7.48. The summed E-state index contributed by atoms with van der Waals surface area (Å²) in [6.07, 6.45) is 3.52. The molecule has 1 unspecified atom stereocenters. The fraction of sp³-hybridized carbons (Fsp3) is 0.0833. The summed E-state index contributed by atoms with van der Waals surface area (Å²) in [7, 11) is 0. The highest BCUT2D eigenvalue weighted by Crippen LogP contribution is 2.35. The number of carbonyl (C=O) groups is 1. The number of hydrogen-bond donors (Lipinski definition) is 1. The quantitative estimate of drug-likeness (QED) is 0.646. The zero-order valence-corrected chi connectivity index (χ0v) is 9.24. The molecule has 1 amide bonds. The van der Waals surface area contributed by atoms with Crippen LogP contribution in [0, 0.1) is 10.1 Å². The topological polar surface area (TPSA) is 77.2 Å². The minimum Gasteiger partial charge on any atom is -0.338 e. The SMILES string of the molecule is O=C1Nc2ccc([N+](=O)[O-])cc2C1n1cccc1. The van der Waals surface area contributed by atoms with E-state index in [0.717, 1.165) is 0 Å². The van der Waals surface area contributed by atoms with Crippen molar-refractivity contribution in [2.24, 2.45) is 0 Å². The summed E-state index contributed by atoms with van der Waals surface area (Å²) in [4.78, 5) is 22.2. The van der Waals surface area contributed by atoms with Gasteiger partial charge in [-0.25, -0.2) is 0 Å². The maximum absolute atomic E-state index is 11.9. The molecule has 0 bridgehead atoms. The van der Waals surface area contributed by atoms with E-state index in [-0.39, 0.29) is 11.6 Å². The van der Waals surface area contributed by atoms with Crippen LogP contribution in [0.3, 0.4) is 0 Å². The molecule has 1 aliphatic rings. The second kappa shape index (κ2) is 3.69. The molecule has 2 heterocycles. The lowest BCUT2D eigenvalue weighted by molar-refractivity contribution is -0.384. The largest absolute Gasteiger partial charge is 0.338 e. The van der Waals surface area contributed by atoms with Crippen LogP contribution in [0.1, 0.15) is 11.6 Å². The minimum absolute atomic E-state index is 0.0117. The Morgan fingerprint density at radius 1 is 1.28 bits per heavy atom. The van der Waals surface area contributed by atoms with Crippen molar-refractivity contribution in [1.29, 1.82) is 0 Å². The van der Waals surface area contributed by atoms with Crippen LogP contribution < -0.4 is 5.32 Å². The van der Waals surface area contributed by atoms with Crippen LogP contribution >= 0.6 is 0 Å². The van der Waals surface area contributed by atoms with E-state index in [1.807, 2.05) is 12.1 Å². The van der Waals surface area contributed by atoms with E-state index < -0.39 is 11.0 Å². The smallest absolute Gasteiger partial charge is 0.269 e. The molecule has 1 N–H and O–H groups in total. The van der Waals surface area contributed by atoms with Gasteiger partial charge in [0.15, 0.2) is 0 Å². The minimum atomic E-state index is -0.533. The van der Waals surface area contributed by atoms with E-state index >= 15 is 0 Å². The second-order valence-corrected chi connectivity index (χ2v) is 4.05. The normalized spacial score (nSPS) is 17.3. The van der Waals surface area contributed by atoms with E-state index in [9.17, 15) is 14.9 Å². The molecule has 1 aromatic carbocycles. The van der Waals surface area contributed by atoms with Crippen LogP contribution in [-0.2, 0) is 4.79 Å². The number of nitrogens with one attached hydrogen (secondary N) is 1. The molecule has 0 radical (unpaired) electrons. The lowest BCUT2D eigenvalue weighted by atomic mass is 10.1. The Hall–Kier alpha value is -2.63. The third-order valence-electron chi connectivity index (χ3n) is 2.97. The van der Waals surface area contributed by atoms with Crippen molar-refractivity contribution in [3.8, 4) is 0 Å². The Kier molecular flexibility index (Phi) is 2.16. The van der Waals surface area contributed by atoms with Crippen molar-refractivity contribution in [2.75, 3.05) is 5.32 Å². The van der Waals surface area contributed by atoms with Crippen molar-refractivity contribution in [2.45, 2.75) is 6.04 Å². The van der Waals surface area contributed by atoms with Crippen LogP contribution in [0.15, 0.2) is 42.7 Å². The molecule has 18 heavy (non-hydrogen) atoms. The van der Waals surface area contributed by atoms with Crippen molar-refractivity contribution in [3.05, 3.63) is 58.4 Å². The molecule has 0 saturated carbocycles. The summed E-state index contributed by atoms with van der Waals surface area (Å²) >= 11 is 0.